The minimum absolute atomic E-state index is 0. The van der Waals surface area contributed by atoms with Crippen molar-refractivity contribution in [3.8, 4) is 11.4 Å². The number of aromatic nitrogens is 3. The van der Waals surface area contributed by atoms with Crippen LogP contribution >= 0.6 is 24.0 Å². The first-order valence-corrected chi connectivity index (χ1v) is 11.0. The van der Waals surface area contributed by atoms with Crippen LogP contribution in [0.2, 0.25) is 0 Å². The molecule has 10 heteroatoms. The average Bonchev–Trinajstić information content (AvgIpc) is 3.25. The summed E-state index contributed by atoms with van der Waals surface area (Å²) in [4.78, 5) is 8.74. The molecule has 0 atom stereocenters. The van der Waals surface area contributed by atoms with Crippen LogP contribution in [0.1, 0.15) is 11.1 Å². The maximum atomic E-state index is 11.5. The van der Waals surface area contributed by atoms with Crippen molar-refractivity contribution in [2.45, 2.75) is 17.9 Å². The van der Waals surface area contributed by atoms with Gasteiger partial charge in [0.05, 0.1) is 4.90 Å². The molecule has 30 heavy (non-hydrogen) atoms. The van der Waals surface area contributed by atoms with Gasteiger partial charge < -0.3 is 10.6 Å². The third-order valence-corrected chi connectivity index (χ3v) is 5.49. The van der Waals surface area contributed by atoms with Gasteiger partial charge in [0.25, 0.3) is 0 Å². The topological polar surface area (TPSA) is 112 Å². The van der Waals surface area contributed by atoms with Gasteiger partial charge in [0.1, 0.15) is 6.33 Å². The molecular weight excluding hydrogens is 515 g/mol. The second-order valence-electron chi connectivity index (χ2n) is 6.55. The molecule has 160 valence electrons. The Kier molecular flexibility index (Phi) is 8.78. The highest BCUT2D eigenvalue weighted by molar-refractivity contribution is 14.0. The molecule has 1 aromatic heterocycles. The SMILES string of the molecule is CN=C(NCCc1ccc(S(C)(=O)=O)cc1)NCc1cccc(-c2ncn[nH]2)c1.I. The van der Waals surface area contributed by atoms with E-state index in [1.807, 2.05) is 36.4 Å². The summed E-state index contributed by atoms with van der Waals surface area (Å²) < 4.78 is 23.0. The Morgan fingerprint density at radius 2 is 1.87 bits per heavy atom. The summed E-state index contributed by atoms with van der Waals surface area (Å²) in [6, 6.07) is 15.0. The largest absolute Gasteiger partial charge is 0.356 e. The summed E-state index contributed by atoms with van der Waals surface area (Å²) in [6.45, 7) is 1.29. The summed E-state index contributed by atoms with van der Waals surface area (Å²) >= 11 is 0. The first-order valence-electron chi connectivity index (χ1n) is 9.14. The number of aromatic amines is 1. The van der Waals surface area contributed by atoms with Crippen molar-refractivity contribution >= 4 is 39.8 Å². The van der Waals surface area contributed by atoms with Gasteiger partial charge in [-0.3, -0.25) is 10.1 Å². The van der Waals surface area contributed by atoms with E-state index in [2.05, 4.69) is 30.8 Å². The van der Waals surface area contributed by atoms with E-state index in [-0.39, 0.29) is 24.0 Å². The number of sulfone groups is 1. The van der Waals surface area contributed by atoms with E-state index in [0.717, 1.165) is 28.9 Å². The predicted octanol–water partition coefficient (Wildman–Crippen LogP) is 2.40. The smallest absolute Gasteiger partial charge is 0.191 e. The maximum absolute atomic E-state index is 11.5. The van der Waals surface area contributed by atoms with Gasteiger partial charge in [-0.05, 0) is 35.7 Å². The van der Waals surface area contributed by atoms with E-state index in [0.29, 0.717) is 23.9 Å². The predicted molar refractivity (Wildman–Crippen MR) is 129 cm³/mol. The lowest BCUT2D eigenvalue weighted by Gasteiger charge is -2.12. The fraction of sp³-hybridized carbons (Fsp3) is 0.250. The van der Waals surface area contributed by atoms with Crippen LogP contribution in [0.25, 0.3) is 11.4 Å². The molecule has 1 heterocycles. The van der Waals surface area contributed by atoms with Crippen LogP contribution in [0, 0.1) is 0 Å². The van der Waals surface area contributed by atoms with E-state index in [1.165, 1.54) is 12.6 Å². The van der Waals surface area contributed by atoms with Gasteiger partial charge in [0, 0.05) is 32.0 Å². The fourth-order valence-electron chi connectivity index (χ4n) is 2.81. The number of H-pyrrole nitrogens is 1. The van der Waals surface area contributed by atoms with Gasteiger partial charge >= 0.3 is 0 Å². The fourth-order valence-corrected chi connectivity index (χ4v) is 3.44. The molecule has 3 N–H and O–H groups in total. The molecule has 8 nitrogen and oxygen atoms in total. The Bertz CT molecular complexity index is 1070. The molecule has 0 fully saturated rings. The van der Waals surface area contributed by atoms with Gasteiger partial charge in [-0.25, -0.2) is 13.4 Å². The number of hydrogen-bond donors (Lipinski definition) is 3. The molecule has 0 aliphatic rings. The van der Waals surface area contributed by atoms with E-state index in [4.69, 9.17) is 0 Å². The molecule has 3 aromatic rings. The Hall–Kier alpha value is -2.47. The van der Waals surface area contributed by atoms with Gasteiger partial charge in [-0.2, -0.15) is 5.10 Å². The van der Waals surface area contributed by atoms with Crippen molar-refractivity contribution < 1.29 is 8.42 Å². The lowest BCUT2D eigenvalue weighted by atomic mass is 10.1. The Labute approximate surface area is 193 Å². The highest BCUT2D eigenvalue weighted by atomic mass is 127. The lowest BCUT2D eigenvalue weighted by Crippen LogP contribution is -2.37. The summed E-state index contributed by atoms with van der Waals surface area (Å²) in [5.74, 6) is 1.43. The second-order valence-corrected chi connectivity index (χ2v) is 8.57. The monoisotopic (exact) mass is 540 g/mol. The summed E-state index contributed by atoms with van der Waals surface area (Å²) in [6.07, 6.45) is 3.45. The zero-order valence-electron chi connectivity index (χ0n) is 16.8. The normalized spacial score (nSPS) is 11.6. The molecule has 0 unspecified atom stereocenters. The van der Waals surface area contributed by atoms with Crippen molar-refractivity contribution in [1.29, 1.82) is 0 Å². The van der Waals surface area contributed by atoms with Crippen molar-refractivity contribution in [2.75, 3.05) is 19.8 Å². The molecule has 0 aliphatic carbocycles. The van der Waals surface area contributed by atoms with Crippen molar-refractivity contribution in [1.82, 2.24) is 25.8 Å². The molecule has 0 saturated carbocycles. The molecule has 0 spiro atoms. The van der Waals surface area contributed by atoms with Crippen molar-refractivity contribution in [3.63, 3.8) is 0 Å². The molecule has 2 aromatic carbocycles. The van der Waals surface area contributed by atoms with Crippen LogP contribution in [0.3, 0.4) is 0 Å². The van der Waals surface area contributed by atoms with Crippen molar-refractivity contribution in [3.05, 3.63) is 66.0 Å². The number of aliphatic imine (C=N–C) groups is 1. The number of nitrogens with one attached hydrogen (secondary N) is 3. The Morgan fingerprint density at radius 1 is 1.10 bits per heavy atom. The third-order valence-electron chi connectivity index (χ3n) is 4.36. The zero-order valence-corrected chi connectivity index (χ0v) is 19.9. The number of guanidine groups is 1. The van der Waals surface area contributed by atoms with Crippen molar-refractivity contribution in [2.24, 2.45) is 4.99 Å². The number of benzene rings is 2. The molecular formula is C20H25IN6O2S. The van der Waals surface area contributed by atoms with Gasteiger partial charge in [0.15, 0.2) is 21.6 Å². The lowest BCUT2D eigenvalue weighted by molar-refractivity contribution is 0.602. The summed E-state index contributed by atoms with van der Waals surface area (Å²) in [5, 5.41) is 13.3. The average molecular weight is 540 g/mol. The van der Waals surface area contributed by atoms with E-state index in [9.17, 15) is 8.42 Å². The molecule has 0 amide bonds. The van der Waals surface area contributed by atoms with Crippen LogP contribution in [0.4, 0.5) is 0 Å². The number of halogens is 1. The molecule has 3 rings (SSSR count). The maximum Gasteiger partial charge on any atom is 0.191 e. The quantitative estimate of drug-likeness (QED) is 0.241. The molecule has 0 saturated heterocycles. The van der Waals surface area contributed by atoms with Gasteiger partial charge in [0.2, 0.25) is 0 Å². The number of hydrogen-bond acceptors (Lipinski definition) is 5. The van der Waals surface area contributed by atoms with E-state index in [1.54, 1.807) is 19.2 Å². The minimum Gasteiger partial charge on any atom is -0.356 e. The van der Waals surface area contributed by atoms with E-state index >= 15 is 0 Å². The molecule has 0 radical (unpaired) electrons. The van der Waals surface area contributed by atoms with Crippen LogP contribution in [-0.4, -0.2) is 49.4 Å². The third kappa shape index (κ3) is 6.80. The van der Waals surface area contributed by atoms with Crippen LogP contribution < -0.4 is 10.6 Å². The van der Waals surface area contributed by atoms with Gasteiger partial charge in [-0.1, -0.05) is 30.3 Å². The minimum atomic E-state index is -3.16. The second kappa shape index (κ2) is 11.1. The summed E-state index contributed by atoms with van der Waals surface area (Å²) in [5.41, 5.74) is 3.13. The van der Waals surface area contributed by atoms with Gasteiger partial charge in [-0.15, -0.1) is 24.0 Å². The number of nitrogens with zero attached hydrogens (tertiary/aromatic N) is 3. The first-order chi connectivity index (χ1) is 14.0. The molecule has 0 bridgehead atoms. The van der Waals surface area contributed by atoms with Crippen LogP contribution in [-0.2, 0) is 22.8 Å². The highest BCUT2D eigenvalue weighted by Gasteiger charge is 2.06. The highest BCUT2D eigenvalue weighted by Crippen LogP contribution is 2.15. The molecule has 0 aliphatic heterocycles. The Balaban J connectivity index is 0.00000320. The van der Waals surface area contributed by atoms with E-state index < -0.39 is 9.84 Å². The summed E-state index contributed by atoms with van der Waals surface area (Å²) in [7, 11) is -1.44. The zero-order chi connectivity index (χ0) is 20.7. The van der Waals surface area contributed by atoms with Crippen LogP contribution in [0.15, 0.2) is 64.7 Å². The standard InChI is InChI=1S/C20H24N6O2S.HI/c1-21-20(22-11-10-15-6-8-18(9-7-15)29(2,27)28)23-13-16-4-3-5-17(12-16)19-24-14-25-26-19;/h3-9,12,14H,10-11,13H2,1-2H3,(H2,21,22,23)(H,24,25,26);1H. The van der Waals surface area contributed by atoms with Crippen LogP contribution in [0.5, 0.6) is 0 Å². The first kappa shape index (κ1) is 23.8. The Morgan fingerprint density at radius 3 is 2.50 bits per heavy atom. The number of rotatable bonds is 7.